The van der Waals surface area contributed by atoms with Crippen LogP contribution in [0.4, 0.5) is 63.9 Å². The Bertz CT molecular complexity index is 6490. The molecule has 18 N–H and O–H groups in total. The van der Waals surface area contributed by atoms with E-state index in [2.05, 4.69) is 224 Å². The number of nitrogen functional groups attached to an aromatic ring is 5. The lowest BCUT2D eigenvalue weighted by atomic mass is 9.97. The number of pyridine rings is 7. The number of nitrogens with zero attached hydrogens (tertiary/aromatic N) is 15. The van der Waals surface area contributed by atoms with Crippen molar-refractivity contribution in [2.45, 2.75) is 141 Å². The summed E-state index contributed by atoms with van der Waals surface area (Å²) in [6, 6.07) is 57.4. The van der Waals surface area contributed by atoms with Crippen molar-refractivity contribution in [3.63, 3.8) is 0 Å². The van der Waals surface area contributed by atoms with Gasteiger partial charge in [0.15, 0.2) is 0 Å². The van der Waals surface area contributed by atoms with E-state index in [0.29, 0.717) is 112 Å². The van der Waals surface area contributed by atoms with Crippen molar-refractivity contribution in [1.29, 1.82) is 0 Å². The number of amides is 1. The van der Waals surface area contributed by atoms with Gasteiger partial charge in [-0.1, -0.05) is 84.9 Å². The minimum atomic E-state index is -0.147. The fourth-order valence-electron chi connectivity index (χ4n) is 17.8. The summed E-state index contributed by atoms with van der Waals surface area (Å²) in [6.07, 6.45) is 30.3. The number of piperidine rings is 5. The number of aliphatic hydroxyl groups is 1. The first kappa shape index (κ1) is 99.6. The lowest BCUT2D eigenvalue weighted by Gasteiger charge is -2.31. The highest BCUT2D eigenvalue weighted by Gasteiger charge is 2.25. The van der Waals surface area contributed by atoms with Gasteiger partial charge in [-0.05, 0) is 254 Å². The summed E-state index contributed by atoms with van der Waals surface area (Å²) >= 11 is 0. The van der Waals surface area contributed by atoms with Crippen molar-refractivity contribution in [3.8, 4) is 5.88 Å². The van der Waals surface area contributed by atoms with Gasteiger partial charge in [-0.3, -0.25) is 4.79 Å². The number of nitrogens with two attached hydrogens (primary N) is 5. The molecule has 141 heavy (non-hydrogen) atoms. The first-order valence-electron chi connectivity index (χ1n) is 48.8. The summed E-state index contributed by atoms with van der Waals surface area (Å²) in [5.74, 6) is 8.00. The van der Waals surface area contributed by atoms with Crippen LogP contribution >= 0.6 is 0 Å². The normalized spacial score (nSPS) is 15.7. The molecule has 33 nitrogen and oxygen atoms in total. The fraction of sp³-hybridized carbons (Fsp3) is 0.352. The maximum Gasteiger partial charge on any atom is 0.232 e. The molecule has 5 saturated heterocycles. The molecule has 0 radical (unpaired) electrons. The van der Waals surface area contributed by atoms with E-state index in [-0.39, 0.29) is 24.7 Å². The number of ether oxygens (including phenoxy) is 4. The first-order valence-corrected chi connectivity index (χ1v) is 48.8. The highest BCUT2D eigenvalue weighted by Crippen LogP contribution is 2.30. The molecule has 0 saturated carbocycles. The summed E-state index contributed by atoms with van der Waals surface area (Å²) in [6.45, 7) is 16.7. The van der Waals surface area contributed by atoms with E-state index < -0.39 is 0 Å². The van der Waals surface area contributed by atoms with Crippen molar-refractivity contribution in [2.75, 3.05) is 160 Å². The predicted octanol–water partition coefficient (Wildman–Crippen LogP) is 14.8. The molecule has 6 aromatic carbocycles. The van der Waals surface area contributed by atoms with E-state index in [9.17, 15) is 4.79 Å². The number of carbonyl (C=O) groups is 1. The Labute approximate surface area is 823 Å². The lowest BCUT2D eigenvalue weighted by Crippen LogP contribution is -2.38. The highest BCUT2D eigenvalue weighted by atomic mass is 16.5. The van der Waals surface area contributed by atoms with Crippen LogP contribution in [0, 0.1) is 5.92 Å². The average molecular weight is 1900 g/mol. The number of rotatable bonds is 31. The number of fused-ring (bicyclic) bond motifs is 5. The van der Waals surface area contributed by atoms with Crippen LogP contribution in [-0.4, -0.2) is 205 Å². The van der Waals surface area contributed by atoms with Gasteiger partial charge in [-0.25, -0.2) is 54.8 Å². The number of carbonyl (C=O) groups excluding carboxylic acids is 1. The second kappa shape index (κ2) is 50.4. The first-order chi connectivity index (χ1) is 68.9. The van der Waals surface area contributed by atoms with Crippen LogP contribution in [0.15, 0.2) is 238 Å². The lowest BCUT2D eigenvalue weighted by molar-refractivity contribution is -0.124. The average Bonchev–Trinajstić information content (AvgIpc) is 0.831. The number of hydrogen-bond donors (Lipinski definition) is 13. The quantitative estimate of drug-likeness (QED) is 0.0192. The largest absolute Gasteiger partial charge is 0.473 e. The van der Waals surface area contributed by atoms with Crippen molar-refractivity contribution >= 4 is 124 Å². The molecule has 15 aromatic rings. The molecule has 5 fully saturated rings. The molecule has 9 aromatic heterocycles. The summed E-state index contributed by atoms with van der Waals surface area (Å²) in [5.41, 5.74) is 39.9. The van der Waals surface area contributed by atoms with E-state index >= 15 is 0 Å². The van der Waals surface area contributed by atoms with Crippen molar-refractivity contribution in [2.24, 2.45) is 5.92 Å². The van der Waals surface area contributed by atoms with Crippen LogP contribution in [-0.2, 0) is 71.5 Å². The Balaban J connectivity index is 0.000000127. The monoisotopic (exact) mass is 1900 g/mol. The summed E-state index contributed by atoms with van der Waals surface area (Å²) in [5, 5.41) is 42.3. The molecular formula is C108H131N27O6. The molecule has 1 atom stereocenters. The molecule has 0 spiro atoms. The Hall–Kier alpha value is -14.4. The standard InChI is InChI=1S/C23H29N5O2.C23H28N4O.C22H29N7.C21H25N5O.C19H20N6O2/c24-23-21-3-1-17(13-19(21)5-8-25-23)14-26-22-4-2-18(15-27-22)16-30-20-6-9-28(10-7-20)11-12-29;1-27-12-9-21(10-13-27)28-16-17-2-5-20(6-3-17)26-15-18-4-7-22-19(14-18)8-11-25-23(22)24;1-28-9-6-16(7-10-28)15-29(2)21-14-26-20(13-27-21)25-12-17-3-4-19-18(11-17)5-8-24-22(19)23;22-21-19-3-1-15(11-17(19)5-10-24-21)12-25-20-4-2-16(13-26-20)14-27-18-6-8-23-9-7-18;20-19-15-2-1-12(7-13(15)3-5-22-19)9-23-16-10-25-18(11-24-16)27-14-4-6-21-17(26)8-14/h1-5,8,13,15,20,29H,6-7,9-12,14,16H2,(H2,24,25)(H,26,27);2-8,11,14,21,26H,9-10,12-13,15-16H2,1H3,(H2,24,25);3-5,8,11,13-14,16H,6-7,9-10,12,15H2,1-2H3,(H2,23,24)(H,25,26);1-5,10-11,13,18,23H,6-9,12,14H2,(H2,22,24)(H,25,26);1-3,5,7,10-11,14H,4,6,8-9H2,(H2,20,22)(H,21,26)(H,23,24). The number of aromatic nitrogens is 11. The van der Waals surface area contributed by atoms with Crippen molar-refractivity contribution < 1.29 is 28.8 Å². The zero-order chi connectivity index (χ0) is 97.4. The van der Waals surface area contributed by atoms with Crippen LogP contribution < -0.4 is 75.5 Å². The molecular weight excluding hydrogens is 1770 g/mol. The molecule has 734 valence electrons. The van der Waals surface area contributed by atoms with Gasteiger partial charge in [0, 0.05) is 168 Å². The van der Waals surface area contributed by atoms with E-state index in [0.717, 1.165) is 220 Å². The van der Waals surface area contributed by atoms with Crippen LogP contribution in [0.25, 0.3) is 53.9 Å². The summed E-state index contributed by atoms with van der Waals surface area (Å²) in [4.78, 5) is 68.0. The molecule has 20 rings (SSSR count). The summed E-state index contributed by atoms with van der Waals surface area (Å²) < 4.78 is 23.8. The molecule has 5 aliphatic heterocycles. The van der Waals surface area contributed by atoms with Crippen molar-refractivity contribution in [1.82, 2.24) is 80.2 Å². The maximum absolute atomic E-state index is 11.4. The maximum atomic E-state index is 11.4. The van der Waals surface area contributed by atoms with Crippen LogP contribution in [0.2, 0.25) is 0 Å². The van der Waals surface area contributed by atoms with Crippen LogP contribution in [0.3, 0.4) is 0 Å². The third-order valence-electron chi connectivity index (χ3n) is 26.2. The molecule has 0 aliphatic carbocycles. The van der Waals surface area contributed by atoms with Gasteiger partial charge < -0.3 is 110 Å². The topological polar surface area (TPSA) is 443 Å². The molecule has 1 amide bonds. The number of likely N-dealkylation sites (tertiary alicyclic amines) is 3. The zero-order valence-electron chi connectivity index (χ0n) is 80.7. The SMILES string of the molecule is CN1CCC(CN(C)c2cnc(NCc3ccc4c(N)nccc4c3)cn2)CC1.CN1CCC(OCc2ccc(NCc3ccc4c(N)nccc4c3)cc2)CC1.Nc1nccc2cc(CNc3ccc(COC4CCN(CCO)CC4)cn3)ccc12.Nc1nccc2cc(CNc3ccc(COC4CCNCC4)cn3)ccc12.Nc1nccc2cc(CNc3cnc(OC4CCNC(=O)C4)cn3)ccc12. The number of hydrogen-bond acceptors (Lipinski definition) is 32. The van der Waals surface area contributed by atoms with Crippen molar-refractivity contribution in [3.05, 3.63) is 283 Å². The number of nitrogens with one attached hydrogen (secondary N) is 7. The molecule has 14 heterocycles. The minimum absolute atomic E-state index is 0.00502. The van der Waals surface area contributed by atoms with Gasteiger partial charge in [0.2, 0.25) is 11.8 Å². The fourth-order valence-corrected chi connectivity index (χ4v) is 17.8. The number of benzene rings is 6. The minimum Gasteiger partial charge on any atom is -0.473 e. The van der Waals surface area contributed by atoms with Crippen LogP contribution in [0.5, 0.6) is 5.88 Å². The second-order valence-electron chi connectivity index (χ2n) is 36.7. The van der Waals surface area contributed by atoms with Gasteiger partial charge in [0.05, 0.1) is 75.9 Å². The molecule has 33 heteroatoms. The van der Waals surface area contributed by atoms with Gasteiger partial charge in [0.1, 0.15) is 64.3 Å². The third-order valence-corrected chi connectivity index (χ3v) is 26.2. The van der Waals surface area contributed by atoms with E-state index in [1.54, 1.807) is 43.4 Å². The number of aliphatic hydroxyl groups excluding tert-OH is 1. The smallest absolute Gasteiger partial charge is 0.232 e. The van der Waals surface area contributed by atoms with E-state index in [1.807, 2.05) is 104 Å². The second-order valence-corrected chi connectivity index (χ2v) is 36.7. The molecule has 5 aliphatic rings. The Morgan fingerprint density at radius 1 is 0.376 bits per heavy atom. The molecule has 1 unspecified atom stereocenters. The van der Waals surface area contributed by atoms with E-state index in [1.165, 1.54) is 42.6 Å². The van der Waals surface area contributed by atoms with Gasteiger partial charge >= 0.3 is 0 Å². The van der Waals surface area contributed by atoms with Gasteiger partial charge in [-0.15, -0.1) is 0 Å². The third kappa shape index (κ3) is 29.8. The molecule has 0 bridgehead atoms. The summed E-state index contributed by atoms with van der Waals surface area (Å²) in [7, 11) is 6.47. The Morgan fingerprint density at radius 3 is 1.14 bits per heavy atom. The van der Waals surface area contributed by atoms with Gasteiger partial charge in [0.25, 0.3) is 0 Å². The van der Waals surface area contributed by atoms with E-state index in [4.69, 9.17) is 52.7 Å². The highest BCUT2D eigenvalue weighted by molar-refractivity contribution is 5.94. The predicted molar refractivity (Wildman–Crippen MR) is 564 cm³/mol. The number of anilines is 11. The zero-order valence-corrected chi connectivity index (χ0v) is 80.7. The number of β-amino-alcohol motifs (C(OH)–C–C–N with tert-alkyl or cyclic N) is 1. The van der Waals surface area contributed by atoms with Crippen LogP contribution in [0.1, 0.15) is 109 Å². The van der Waals surface area contributed by atoms with Gasteiger partial charge in [-0.2, -0.15) is 0 Å². The Kier molecular flexibility index (Phi) is 35.6. The Morgan fingerprint density at radius 2 is 0.745 bits per heavy atom.